The highest BCUT2D eigenvalue weighted by molar-refractivity contribution is 7.89. The lowest BCUT2D eigenvalue weighted by molar-refractivity contribution is -0.384. The maximum Gasteiger partial charge on any atom is 0.269 e. The van der Waals surface area contributed by atoms with E-state index in [9.17, 15) is 18.5 Å². The number of non-ortho nitro benzene ring substituents is 1. The summed E-state index contributed by atoms with van der Waals surface area (Å²) in [7, 11) is -3.56. The number of hydrogen-bond donors (Lipinski definition) is 0. The molecule has 2 aromatic carbocycles. The molecule has 186 valence electrons. The van der Waals surface area contributed by atoms with Crippen LogP contribution in [-0.2, 0) is 14.8 Å². The average molecular weight is 517 g/mol. The van der Waals surface area contributed by atoms with Gasteiger partial charge in [0.05, 0.1) is 34.4 Å². The van der Waals surface area contributed by atoms with Crippen molar-refractivity contribution in [3.8, 4) is 11.3 Å². The highest BCUT2D eigenvalue weighted by atomic mass is 32.2. The second kappa shape index (κ2) is 10.8. The summed E-state index contributed by atoms with van der Waals surface area (Å²) < 4.78 is 34.6. The quantitative estimate of drug-likeness (QED) is 0.318. The van der Waals surface area contributed by atoms with Crippen molar-refractivity contribution in [3.63, 3.8) is 0 Å². The number of benzene rings is 2. The molecule has 1 fully saturated rings. The summed E-state index contributed by atoms with van der Waals surface area (Å²) in [6, 6.07) is 13.3. The number of nitro groups is 1. The highest BCUT2D eigenvalue weighted by Gasteiger charge is 2.26. The topological polar surface area (TPSA) is 107 Å². The van der Waals surface area contributed by atoms with Crippen molar-refractivity contribution < 1.29 is 18.1 Å². The van der Waals surface area contributed by atoms with Crippen molar-refractivity contribution in [2.45, 2.75) is 37.6 Å². The number of rotatable bonds is 8. The van der Waals surface area contributed by atoms with Crippen LogP contribution in [0.3, 0.4) is 0 Å². The molecule has 1 unspecified atom stereocenters. The summed E-state index contributed by atoms with van der Waals surface area (Å²) in [4.78, 5) is 16.5. The molecular weight excluding hydrogens is 488 g/mol. The van der Waals surface area contributed by atoms with Crippen molar-refractivity contribution in [1.82, 2.24) is 8.87 Å². The molecule has 2 heterocycles. The van der Waals surface area contributed by atoms with Crippen LogP contribution in [-0.4, -0.2) is 48.5 Å². The molecule has 1 saturated heterocycles. The zero-order valence-electron chi connectivity index (χ0n) is 19.7. The number of hydrogen-bond acceptors (Lipinski definition) is 7. The Morgan fingerprint density at radius 2 is 1.77 bits per heavy atom. The van der Waals surface area contributed by atoms with Crippen LogP contribution in [0.15, 0.2) is 63.8 Å². The van der Waals surface area contributed by atoms with Gasteiger partial charge in [0.25, 0.3) is 5.69 Å². The van der Waals surface area contributed by atoms with Crippen LogP contribution < -0.4 is 4.80 Å². The van der Waals surface area contributed by atoms with Crippen LogP contribution in [0.5, 0.6) is 0 Å². The largest absolute Gasteiger partial charge is 0.379 e. The van der Waals surface area contributed by atoms with E-state index in [2.05, 4.69) is 18.4 Å². The molecule has 0 amide bonds. The Labute approximate surface area is 208 Å². The van der Waals surface area contributed by atoms with Crippen LogP contribution in [0.25, 0.3) is 11.3 Å². The van der Waals surface area contributed by atoms with Gasteiger partial charge in [-0.05, 0) is 55.3 Å². The fraction of sp³-hybridized carbons (Fsp3) is 0.375. The first-order chi connectivity index (χ1) is 16.8. The van der Waals surface area contributed by atoms with Gasteiger partial charge in [-0.15, -0.1) is 11.3 Å². The Morgan fingerprint density at radius 3 is 2.37 bits per heavy atom. The fourth-order valence-corrected chi connectivity index (χ4v) is 6.50. The van der Waals surface area contributed by atoms with E-state index < -0.39 is 14.9 Å². The number of sulfonamides is 1. The first kappa shape index (κ1) is 25.2. The van der Waals surface area contributed by atoms with Crippen molar-refractivity contribution >= 4 is 32.7 Å². The van der Waals surface area contributed by atoms with Crippen LogP contribution in [0.1, 0.15) is 32.7 Å². The van der Waals surface area contributed by atoms with Gasteiger partial charge in [0, 0.05) is 36.6 Å². The molecule has 35 heavy (non-hydrogen) atoms. The van der Waals surface area contributed by atoms with Gasteiger partial charge in [0.2, 0.25) is 10.0 Å². The van der Waals surface area contributed by atoms with E-state index in [-0.39, 0.29) is 16.6 Å². The molecule has 4 rings (SSSR count). The Balaban J connectivity index is 1.69. The normalized spacial score (nSPS) is 16.3. The first-order valence-corrected chi connectivity index (χ1v) is 13.8. The Bertz CT molecular complexity index is 1340. The predicted molar refractivity (Wildman–Crippen MR) is 135 cm³/mol. The molecule has 11 heteroatoms. The van der Waals surface area contributed by atoms with E-state index in [0.717, 1.165) is 28.9 Å². The summed E-state index contributed by atoms with van der Waals surface area (Å²) in [5.41, 5.74) is 2.52. The van der Waals surface area contributed by atoms with Gasteiger partial charge in [-0.1, -0.05) is 13.3 Å². The fourth-order valence-electron chi connectivity index (χ4n) is 4.08. The van der Waals surface area contributed by atoms with Gasteiger partial charge >= 0.3 is 0 Å². The smallest absolute Gasteiger partial charge is 0.269 e. The molecule has 1 aromatic heterocycles. The van der Waals surface area contributed by atoms with E-state index in [0.29, 0.717) is 32.0 Å². The van der Waals surface area contributed by atoms with E-state index in [1.807, 2.05) is 5.38 Å². The molecular formula is C24H28N4O5S2. The van der Waals surface area contributed by atoms with E-state index in [1.165, 1.54) is 27.8 Å². The van der Waals surface area contributed by atoms with Crippen LogP contribution in [0, 0.1) is 10.1 Å². The number of nitro benzene ring substituents is 1. The third-order valence-corrected chi connectivity index (χ3v) is 8.68. The van der Waals surface area contributed by atoms with Crippen LogP contribution in [0.4, 0.5) is 11.4 Å². The van der Waals surface area contributed by atoms with Gasteiger partial charge in [0.15, 0.2) is 4.80 Å². The summed E-state index contributed by atoms with van der Waals surface area (Å²) in [5, 5.41) is 13.0. The number of morpholine rings is 1. The zero-order chi connectivity index (χ0) is 25.0. The summed E-state index contributed by atoms with van der Waals surface area (Å²) in [6.45, 7) is 5.76. The second-order valence-corrected chi connectivity index (χ2v) is 11.1. The Kier molecular flexibility index (Phi) is 7.80. The van der Waals surface area contributed by atoms with Gasteiger partial charge < -0.3 is 9.30 Å². The molecule has 1 aliphatic heterocycles. The lowest BCUT2D eigenvalue weighted by Gasteiger charge is -2.26. The predicted octanol–water partition coefficient (Wildman–Crippen LogP) is 4.74. The van der Waals surface area contributed by atoms with Gasteiger partial charge in [-0.3, -0.25) is 10.1 Å². The molecule has 0 bridgehead atoms. The van der Waals surface area contributed by atoms with E-state index in [1.54, 1.807) is 36.4 Å². The molecule has 0 aliphatic carbocycles. The van der Waals surface area contributed by atoms with Crippen molar-refractivity contribution in [3.05, 3.63) is 68.8 Å². The van der Waals surface area contributed by atoms with Gasteiger partial charge in [-0.2, -0.15) is 4.31 Å². The highest BCUT2D eigenvalue weighted by Crippen LogP contribution is 2.28. The third-order valence-electron chi connectivity index (χ3n) is 5.93. The second-order valence-electron chi connectivity index (χ2n) is 8.34. The Morgan fingerprint density at radius 1 is 1.11 bits per heavy atom. The van der Waals surface area contributed by atoms with E-state index >= 15 is 0 Å². The molecule has 0 N–H and O–H groups in total. The molecule has 0 saturated carbocycles. The summed E-state index contributed by atoms with van der Waals surface area (Å²) >= 11 is 1.49. The molecule has 0 spiro atoms. The first-order valence-electron chi connectivity index (χ1n) is 11.5. The third kappa shape index (κ3) is 5.53. The van der Waals surface area contributed by atoms with E-state index in [4.69, 9.17) is 9.73 Å². The zero-order valence-corrected chi connectivity index (χ0v) is 21.3. The number of thiazole rings is 1. The van der Waals surface area contributed by atoms with Crippen LogP contribution in [0.2, 0.25) is 0 Å². The maximum atomic E-state index is 12.9. The Hall–Kier alpha value is -2.86. The minimum atomic E-state index is -3.56. The lowest BCUT2D eigenvalue weighted by Crippen LogP contribution is -2.40. The van der Waals surface area contributed by atoms with Crippen molar-refractivity contribution in [2.24, 2.45) is 4.99 Å². The SMILES string of the molecule is CCCC(C)n1c(-c2ccc([N+](=O)[O-])cc2)csc1=Nc1ccc(S(=O)(=O)N2CCOCC2)cc1. The molecule has 9 nitrogen and oxygen atoms in total. The minimum absolute atomic E-state index is 0.0502. The molecule has 1 atom stereocenters. The van der Waals surface area contributed by atoms with Crippen molar-refractivity contribution in [2.75, 3.05) is 26.3 Å². The lowest BCUT2D eigenvalue weighted by atomic mass is 10.1. The number of nitrogens with zero attached hydrogens (tertiary/aromatic N) is 4. The minimum Gasteiger partial charge on any atom is -0.379 e. The maximum absolute atomic E-state index is 12.9. The van der Waals surface area contributed by atoms with Gasteiger partial charge in [0.1, 0.15) is 0 Å². The molecule has 0 radical (unpaired) electrons. The monoisotopic (exact) mass is 516 g/mol. The van der Waals surface area contributed by atoms with Crippen molar-refractivity contribution in [1.29, 1.82) is 0 Å². The number of aromatic nitrogens is 1. The summed E-state index contributed by atoms with van der Waals surface area (Å²) in [6.07, 6.45) is 1.94. The van der Waals surface area contributed by atoms with Gasteiger partial charge in [-0.25, -0.2) is 13.4 Å². The van der Waals surface area contributed by atoms with Crippen LogP contribution >= 0.6 is 11.3 Å². The standard InChI is InChI=1S/C24H28N4O5S2/c1-3-4-18(2)27-23(19-5-9-21(10-6-19)28(29)30)17-34-24(27)25-20-7-11-22(12-8-20)35(31,32)26-13-15-33-16-14-26/h5-12,17-18H,3-4,13-16H2,1-2H3. The number of ether oxygens (including phenoxy) is 1. The summed E-state index contributed by atoms with van der Waals surface area (Å²) in [5.74, 6) is 0. The molecule has 1 aliphatic rings. The molecule has 3 aromatic rings. The average Bonchev–Trinajstić information content (AvgIpc) is 3.28.